The zero-order chi connectivity index (χ0) is 7.61. The van der Waals surface area contributed by atoms with Crippen molar-refractivity contribution >= 4 is 5.95 Å². The van der Waals surface area contributed by atoms with E-state index in [2.05, 4.69) is 9.97 Å². The minimum atomic E-state index is 0.668. The molecule has 0 aliphatic rings. The standard InChI is InChI=1S/C7H12N3/c1-10(2,3)7-8-5-4-6-9-7/h4-6H,1-3H3/q+1. The van der Waals surface area contributed by atoms with Crippen molar-refractivity contribution in [3.63, 3.8) is 0 Å². The molecule has 0 fully saturated rings. The Morgan fingerprint density at radius 3 is 1.90 bits per heavy atom. The minimum Gasteiger partial charge on any atom is -0.264 e. The molecule has 0 aromatic carbocycles. The monoisotopic (exact) mass is 138 g/mol. The number of nitrogens with zero attached hydrogens (tertiary/aromatic N) is 3. The SMILES string of the molecule is C[N+](C)(C)c1ncccn1. The molecular weight excluding hydrogens is 126 g/mol. The van der Waals surface area contributed by atoms with Crippen LogP contribution in [0, 0.1) is 0 Å². The summed E-state index contributed by atoms with van der Waals surface area (Å²) >= 11 is 0. The molecule has 0 aliphatic carbocycles. The van der Waals surface area contributed by atoms with E-state index in [0.29, 0.717) is 4.48 Å². The van der Waals surface area contributed by atoms with Crippen LogP contribution in [0.3, 0.4) is 0 Å². The van der Waals surface area contributed by atoms with Crippen molar-refractivity contribution < 1.29 is 0 Å². The van der Waals surface area contributed by atoms with E-state index in [1.165, 1.54) is 0 Å². The Kier molecular flexibility index (Phi) is 1.68. The first-order valence-electron chi connectivity index (χ1n) is 3.20. The molecule has 0 N–H and O–H groups in total. The molecule has 3 heteroatoms. The normalized spacial score (nSPS) is 11.5. The van der Waals surface area contributed by atoms with E-state index in [0.717, 1.165) is 5.95 Å². The van der Waals surface area contributed by atoms with Crippen molar-refractivity contribution in [1.82, 2.24) is 14.5 Å². The molecule has 0 spiro atoms. The van der Waals surface area contributed by atoms with Gasteiger partial charge in [0, 0.05) is 12.4 Å². The zero-order valence-electron chi connectivity index (χ0n) is 6.57. The molecular formula is C7H12N3+. The molecule has 54 valence electrons. The molecule has 10 heavy (non-hydrogen) atoms. The second kappa shape index (κ2) is 2.34. The fraction of sp³-hybridized carbons (Fsp3) is 0.429. The summed E-state index contributed by atoms with van der Waals surface area (Å²) in [4.78, 5) is 8.22. The van der Waals surface area contributed by atoms with E-state index >= 15 is 0 Å². The Morgan fingerprint density at radius 2 is 1.60 bits per heavy atom. The molecule has 0 radical (unpaired) electrons. The van der Waals surface area contributed by atoms with Gasteiger partial charge in [-0.25, -0.2) is 0 Å². The zero-order valence-corrected chi connectivity index (χ0v) is 6.57. The Labute approximate surface area is 60.9 Å². The third-order valence-electron chi connectivity index (χ3n) is 1.15. The van der Waals surface area contributed by atoms with Gasteiger partial charge in [0.15, 0.2) is 0 Å². The van der Waals surface area contributed by atoms with E-state index in [1.54, 1.807) is 12.4 Å². The molecule has 1 aromatic rings. The van der Waals surface area contributed by atoms with Gasteiger partial charge in [-0.3, -0.25) is 4.48 Å². The quantitative estimate of drug-likeness (QED) is 0.533. The predicted molar refractivity (Wildman–Crippen MR) is 41.6 cm³/mol. The van der Waals surface area contributed by atoms with Gasteiger partial charge in [-0.05, 0) is 6.07 Å². The van der Waals surface area contributed by atoms with E-state index in [4.69, 9.17) is 0 Å². The first kappa shape index (κ1) is 7.15. The Balaban J connectivity index is 2.97. The van der Waals surface area contributed by atoms with Gasteiger partial charge in [0.25, 0.3) is 0 Å². The highest BCUT2D eigenvalue weighted by Gasteiger charge is 2.13. The molecule has 0 saturated carbocycles. The molecule has 3 nitrogen and oxygen atoms in total. The van der Waals surface area contributed by atoms with Crippen LogP contribution in [0.5, 0.6) is 0 Å². The molecule has 0 atom stereocenters. The summed E-state index contributed by atoms with van der Waals surface area (Å²) in [5.74, 6) is 0.836. The van der Waals surface area contributed by atoms with E-state index in [-0.39, 0.29) is 0 Å². The molecule has 1 aromatic heterocycles. The smallest absolute Gasteiger partial charge is 0.264 e. The molecule has 0 bridgehead atoms. The lowest BCUT2D eigenvalue weighted by atomic mass is 10.6. The van der Waals surface area contributed by atoms with Crippen LogP contribution in [-0.2, 0) is 0 Å². The Hall–Kier alpha value is -0.960. The average molecular weight is 138 g/mol. The van der Waals surface area contributed by atoms with Crippen molar-refractivity contribution in [1.29, 1.82) is 0 Å². The van der Waals surface area contributed by atoms with E-state index < -0.39 is 0 Å². The van der Waals surface area contributed by atoms with Crippen LogP contribution in [0.1, 0.15) is 0 Å². The van der Waals surface area contributed by atoms with Gasteiger partial charge >= 0.3 is 5.95 Å². The number of hydrogen-bond acceptors (Lipinski definition) is 2. The maximum Gasteiger partial charge on any atom is 0.328 e. The lowest BCUT2D eigenvalue weighted by Gasteiger charge is -2.19. The molecule has 0 aliphatic heterocycles. The maximum absolute atomic E-state index is 4.11. The third kappa shape index (κ3) is 1.51. The fourth-order valence-electron chi connectivity index (χ4n) is 0.638. The van der Waals surface area contributed by atoms with Crippen molar-refractivity contribution in [2.75, 3.05) is 21.1 Å². The fourth-order valence-corrected chi connectivity index (χ4v) is 0.638. The van der Waals surface area contributed by atoms with Crippen molar-refractivity contribution in [2.45, 2.75) is 0 Å². The van der Waals surface area contributed by atoms with Gasteiger partial charge in [0.1, 0.15) is 0 Å². The maximum atomic E-state index is 4.11. The second-order valence-electron chi connectivity index (χ2n) is 3.06. The molecule has 1 rings (SSSR count). The lowest BCUT2D eigenvalue weighted by molar-refractivity contribution is 0.458. The number of aromatic nitrogens is 2. The van der Waals surface area contributed by atoms with E-state index in [1.807, 2.05) is 27.2 Å². The molecule has 0 unspecified atom stereocenters. The third-order valence-corrected chi connectivity index (χ3v) is 1.15. The first-order valence-corrected chi connectivity index (χ1v) is 3.20. The van der Waals surface area contributed by atoms with Crippen molar-refractivity contribution in [2.24, 2.45) is 0 Å². The van der Waals surface area contributed by atoms with Crippen LogP contribution < -0.4 is 4.48 Å². The second-order valence-corrected chi connectivity index (χ2v) is 3.06. The highest BCUT2D eigenvalue weighted by Crippen LogP contribution is 2.05. The summed E-state index contributed by atoms with van der Waals surface area (Å²) in [5, 5.41) is 0. The van der Waals surface area contributed by atoms with Gasteiger partial charge in [-0.15, -0.1) is 0 Å². The Bertz CT molecular complexity index is 200. The summed E-state index contributed by atoms with van der Waals surface area (Å²) in [6.45, 7) is 0. The van der Waals surface area contributed by atoms with Gasteiger partial charge < -0.3 is 0 Å². The van der Waals surface area contributed by atoms with Gasteiger partial charge in [-0.1, -0.05) is 0 Å². The summed E-state index contributed by atoms with van der Waals surface area (Å²) in [6, 6.07) is 1.82. The number of rotatable bonds is 1. The van der Waals surface area contributed by atoms with Crippen LogP contribution >= 0.6 is 0 Å². The number of quaternary nitrogens is 1. The van der Waals surface area contributed by atoms with Crippen LogP contribution in [0.2, 0.25) is 0 Å². The Morgan fingerprint density at radius 1 is 1.10 bits per heavy atom. The summed E-state index contributed by atoms with van der Waals surface area (Å²) < 4.78 is 0.668. The van der Waals surface area contributed by atoms with Crippen molar-refractivity contribution in [3.8, 4) is 0 Å². The average Bonchev–Trinajstić information content (AvgIpc) is 1.88. The van der Waals surface area contributed by atoms with Crippen LogP contribution in [0.25, 0.3) is 0 Å². The molecule has 0 amide bonds. The predicted octanol–water partition coefficient (Wildman–Crippen LogP) is 0.673. The molecule has 0 saturated heterocycles. The summed E-state index contributed by atoms with van der Waals surface area (Å²) in [5.41, 5.74) is 0. The van der Waals surface area contributed by atoms with Crippen LogP contribution in [0.4, 0.5) is 5.95 Å². The van der Waals surface area contributed by atoms with Crippen molar-refractivity contribution in [3.05, 3.63) is 18.5 Å². The highest BCUT2D eigenvalue weighted by molar-refractivity contribution is 5.18. The lowest BCUT2D eigenvalue weighted by Crippen LogP contribution is -2.36. The highest BCUT2D eigenvalue weighted by atomic mass is 15.4. The summed E-state index contributed by atoms with van der Waals surface area (Å²) in [6.07, 6.45) is 3.51. The first-order chi connectivity index (χ1) is 4.61. The van der Waals surface area contributed by atoms with Crippen LogP contribution in [0.15, 0.2) is 18.5 Å². The van der Waals surface area contributed by atoms with E-state index in [9.17, 15) is 0 Å². The van der Waals surface area contributed by atoms with Crippen LogP contribution in [-0.4, -0.2) is 31.1 Å². The minimum absolute atomic E-state index is 0.668. The molecule has 1 heterocycles. The van der Waals surface area contributed by atoms with Gasteiger partial charge in [0.05, 0.1) is 21.1 Å². The van der Waals surface area contributed by atoms with Gasteiger partial charge in [-0.2, -0.15) is 9.97 Å². The topological polar surface area (TPSA) is 25.8 Å². The van der Waals surface area contributed by atoms with Gasteiger partial charge in [0.2, 0.25) is 0 Å². The summed E-state index contributed by atoms with van der Waals surface area (Å²) in [7, 11) is 6.11. The largest absolute Gasteiger partial charge is 0.328 e. The number of hydrogen-bond donors (Lipinski definition) is 0.